The van der Waals surface area contributed by atoms with Gasteiger partial charge in [-0.25, -0.2) is 10.2 Å². The number of hydrazone groups is 1. The van der Waals surface area contributed by atoms with Crippen molar-refractivity contribution in [1.82, 2.24) is 10.7 Å². The van der Waals surface area contributed by atoms with E-state index in [-0.39, 0.29) is 22.9 Å². The summed E-state index contributed by atoms with van der Waals surface area (Å²) in [7, 11) is 1.43. The molecule has 0 saturated carbocycles. The van der Waals surface area contributed by atoms with E-state index in [1.807, 2.05) is 6.92 Å². The Morgan fingerprint density at radius 3 is 2.32 bits per heavy atom. The zero-order chi connectivity index (χ0) is 26.8. The van der Waals surface area contributed by atoms with Crippen molar-refractivity contribution < 1.29 is 28.6 Å². The first kappa shape index (κ1) is 27.5. The third-order valence-electron chi connectivity index (χ3n) is 4.79. The number of hydrogen-bond donors (Lipinski definition) is 2. The number of hydrogen-bond acceptors (Lipinski definition) is 7. The molecule has 0 saturated heterocycles. The molecule has 0 spiro atoms. The van der Waals surface area contributed by atoms with Crippen molar-refractivity contribution in [1.29, 1.82) is 0 Å². The van der Waals surface area contributed by atoms with Gasteiger partial charge in [0.2, 0.25) is 0 Å². The van der Waals surface area contributed by atoms with Crippen molar-refractivity contribution >= 4 is 47.2 Å². The number of halogens is 2. The van der Waals surface area contributed by atoms with Gasteiger partial charge >= 0.3 is 5.97 Å². The minimum Gasteiger partial charge on any atom is -0.494 e. The molecule has 0 fully saturated rings. The molecule has 37 heavy (non-hydrogen) atoms. The fourth-order valence-electron chi connectivity index (χ4n) is 2.98. The van der Waals surface area contributed by atoms with Gasteiger partial charge in [0.05, 0.1) is 42.1 Å². The van der Waals surface area contributed by atoms with Crippen LogP contribution in [0.1, 0.15) is 33.2 Å². The molecule has 0 atom stereocenters. The van der Waals surface area contributed by atoms with Crippen LogP contribution in [-0.4, -0.2) is 44.3 Å². The van der Waals surface area contributed by atoms with Crippen LogP contribution in [0, 0.1) is 0 Å². The molecule has 3 aromatic rings. The Kier molecular flexibility index (Phi) is 9.88. The van der Waals surface area contributed by atoms with E-state index in [4.69, 9.17) is 37.4 Å². The maximum atomic E-state index is 12.5. The van der Waals surface area contributed by atoms with E-state index in [0.29, 0.717) is 34.3 Å². The van der Waals surface area contributed by atoms with Crippen molar-refractivity contribution in [3.05, 3.63) is 87.4 Å². The highest BCUT2D eigenvalue weighted by molar-refractivity contribution is 6.42. The van der Waals surface area contributed by atoms with Gasteiger partial charge in [0, 0.05) is 5.56 Å². The van der Waals surface area contributed by atoms with Crippen LogP contribution in [0.5, 0.6) is 17.2 Å². The van der Waals surface area contributed by atoms with Crippen LogP contribution in [0.3, 0.4) is 0 Å². The second-order valence-electron chi connectivity index (χ2n) is 7.36. The molecule has 0 unspecified atom stereocenters. The molecule has 9 nitrogen and oxygen atoms in total. The second kappa shape index (κ2) is 13.3. The molecule has 0 bridgehead atoms. The SMILES string of the molecule is CCOc1ccc(C(=O)Oc2ccc(C=NNC(=O)CNC(=O)c3ccc(Cl)c(Cl)c3)cc2OC)cc1. The van der Waals surface area contributed by atoms with E-state index < -0.39 is 17.8 Å². The summed E-state index contributed by atoms with van der Waals surface area (Å²) in [6.07, 6.45) is 1.37. The minimum absolute atomic E-state index is 0.215. The lowest BCUT2D eigenvalue weighted by Crippen LogP contribution is -2.34. The molecular formula is C26H23Cl2N3O6. The van der Waals surface area contributed by atoms with Crippen molar-refractivity contribution in [2.45, 2.75) is 6.92 Å². The number of carbonyl (C=O) groups is 3. The number of amides is 2. The van der Waals surface area contributed by atoms with Gasteiger partial charge in [-0.05, 0) is 73.2 Å². The Labute approximate surface area is 223 Å². The monoisotopic (exact) mass is 543 g/mol. The van der Waals surface area contributed by atoms with E-state index in [0.717, 1.165) is 0 Å². The number of nitrogens with zero attached hydrogens (tertiary/aromatic N) is 1. The van der Waals surface area contributed by atoms with Gasteiger partial charge in [0.15, 0.2) is 11.5 Å². The first-order valence-electron chi connectivity index (χ1n) is 11.0. The van der Waals surface area contributed by atoms with Crippen LogP contribution in [0.2, 0.25) is 10.0 Å². The quantitative estimate of drug-likeness (QED) is 0.168. The average molecular weight is 544 g/mol. The van der Waals surface area contributed by atoms with Gasteiger partial charge < -0.3 is 19.5 Å². The fraction of sp³-hybridized carbons (Fsp3) is 0.154. The van der Waals surface area contributed by atoms with E-state index in [9.17, 15) is 14.4 Å². The predicted octanol–water partition coefficient (Wildman–Crippen LogP) is 4.50. The van der Waals surface area contributed by atoms with Crippen LogP contribution in [-0.2, 0) is 4.79 Å². The number of esters is 1. The molecule has 0 radical (unpaired) electrons. The average Bonchev–Trinajstić information content (AvgIpc) is 2.90. The number of ether oxygens (including phenoxy) is 3. The van der Waals surface area contributed by atoms with E-state index >= 15 is 0 Å². The molecule has 11 heteroatoms. The van der Waals surface area contributed by atoms with Gasteiger partial charge in [-0.3, -0.25) is 9.59 Å². The summed E-state index contributed by atoms with van der Waals surface area (Å²) in [5.41, 5.74) is 3.49. The fourth-order valence-corrected chi connectivity index (χ4v) is 3.28. The van der Waals surface area contributed by atoms with Crippen molar-refractivity contribution in [3.63, 3.8) is 0 Å². The Balaban J connectivity index is 1.53. The van der Waals surface area contributed by atoms with Crippen LogP contribution >= 0.6 is 23.2 Å². The number of carbonyl (C=O) groups excluding carboxylic acids is 3. The maximum absolute atomic E-state index is 12.5. The first-order chi connectivity index (χ1) is 17.8. The predicted molar refractivity (Wildman–Crippen MR) is 140 cm³/mol. The molecule has 2 amide bonds. The molecule has 0 aliphatic rings. The summed E-state index contributed by atoms with van der Waals surface area (Å²) in [5.74, 6) is -0.425. The highest BCUT2D eigenvalue weighted by atomic mass is 35.5. The second-order valence-corrected chi connectivity index (χ2v) is 8.18. The maximum Gasteiger partial charge on any atom is 0.343 e. The third kappa shape index (κ3) is 7.96. The lowest BCUT2D eigenvalue weighted by molar-refractivity contribution is -0.120. The number of methoxy groups -OCH3 is 1. The van der Waals surface area contributed by atoms with E-state index in [1.165, 1.54) is 31.5 Å². The zero-order valence-corrected chi connectivity index (χ0v) is 21.4. The highest BCUT2D eigenvalue weighted by Crippen LogP contribution is 2.28. The normalized spacial score (nSPS) is 10.6. The summed E-state index contributed by atoms with van der Waals surface area (Å²) in [6.45, 7) is 2.09. The van der Waals surface area contributed by atoms with Gasteiger partial charge in [0.1, 0.15) is 5.75 Å². The molecule has 3 aromatic carbocycles. The minimum atomic E-state index is -0.557. The lowest BCUT2D eigenvalue weighted by atomic mass is 10.2. The van der Waals surface area contributed by atoms with Gasteiger partial charge in [0.25, 0.3) is 11.8 Å². The van der Waals surface area contributed by atoms with E-state index in [1.54, 1.807) is 42.5 Å². The number of benzene rings is 3. The van der Waals surface area contributed by atoms with Crippen molar-refractivity contribution in [2.75, 3.05) is 20.3 Å². The van der Waals surface area contributed by atoms with Crippen LogP contribution < -0.4 is 25.0 Å². The molecule has 2 N–H and O–H groups in total. The summed E-state index contributed by atoms with van der Waals surface area (Å²) in [5, 5.41) is 6.88. The number of nitrogens with one attached hydrogen (secondary N) is 2. The lowest BCUT2D eigenvalue weighted by Gasteiger charge is -2.10. The topological polar surface area (TPSA) is 115 Å². The number of rotatable bonds is 10. The smallest absolute Gasteiger partial charge is 0.343 e. The van der Waals surface area contributed by atoms with Crippen molar-refractivity contribution in [2.24, 2.45) is 5.10 Å². The molecule has 0 heterocycles. The Morgan fingerprint density at radius 1 is 0.919 bits per heavy atom. The standard InChI is InChI=1S/C26H23Cl2N3O6/c1-3-36-19-8-5-17(6-9-19)26(34)37-22-11-4-16(12-23(22)35-2)14-30-31-24(32)15-29-25(33)18-7-10-20(27)21(28)13-18/h4-14H,3,15H2,1-2H3,(H,29,33)(H,31,32). The first-order valence-corrected chi connectivity index (χ1v) is 11.7. The van der Waals surface area contributed by atoms with Gasteiger partial charge in [-0.2, -0.15) is 5.10 Å². The molecule has 0 aromatic heterocycles. The molecule has 0 aliphatic carbocycles. The highest BCUT2D eigenvalue weighted by Gasteiger charge is 2.13. The molecular weight excluding hydrogens is 521 g/mol. The molecule has 192 valence electrons. The van der Waals surface area contributed by atoms with Crippen LogP contribution in [0.25, 0.3) is 0 Å². The Hall–Kier alpha value is -4.08. The Bertz CT molecular complexity index is 1310. The Morgan fingerprint density at radius 2 is 1.65 bits per heavy atom. The van der Waals surface area contributed by atoms with Gasteiger partial charge in [-0.1, -0.05) is 23.2 Å². The summed E-state index contributed by atoms with van der Waals surface area (Å²) < 4.78 is 16.1. The zero-order valence-electron chi connectivity index (χ0n) is 19.9. The van der Waals surface area contributed by atoms with Crippen molar-refractivity contribution in [3.8, 4) is 17.2 Å². The summed E-state index contributed by atoms with van der Waals surface area (Å²) in [6, 6.07) is 15.7. The summed E-state index contributed by atoms with van der Waals surface area (Å²) in [4.78, 5) is 36.6. The molecule has 3 rings (SSSR count). The van der Waals surface area contributed by atoms with E-state index in [2.05, 4.69) is 15.8 Å². The van der Waals surface area contributed by atoms with Crippen LogP contribution in [0.15, 0.2) is 65.8 Å². The third-order valence-corrected chi connectivity index (χ3v) is 5.52. The van der Waals surface area contributed by atoms with Gasteiger partial charge in [-0.15, -0.1) is 0 Å². The summed E-state index contributed by atoms with van der Waals surface area (Å²) >= 11 is 11.7. The molecule has 0 aliphatic heterocycles. The largest absolute Gasteiger partial charge is 0.494 e. The van der Waals surface area contributed by atoms with Crippen LogP contribution in [0.4, 0.5) is 0 Å².